The second-order valence-corrected chi connectivity index (χ2v) is 2.62. The summed E-state index contributed by atoms with van der Waals surface area (Å²) in [6.07, 6.45) is 1.07. The van der Waals surface area contributed by atoms with E-state index >= 15 is 0 Å². The van der Waals surface area contributed by atoms with Crippen molar-refractivity contribution in [1.29, 1.82) is 5.26 Å². The van der Waals surface area contributed by atoms with Gasteiger partial charge in [-0.05, 0) is 25.5 Å². The molecule has 0 radical (unpaired) electrons. The van der Waals surface area contributed by atoms with Crippen molar-refractivity contribution in [3.8, 4) is 6.07 Å². The third-order valence-corrected chi connectivity index (χ3v) is 1.76. The number of nitrogens with zero attached hydrogens (tertiary/aromatic N) is 2. The van der Waals surface area contributed by atoms with Gasteiger partial charge in [-0.3, -0.25) is 0 Å². The molecule has 1 aromatic rings. The van der Waals surface area contributed by atoms with Crippen molar-refractivity contribution < 1.29 is 0 Å². The van der Waals surface area contributed by atoms with Crippen LogP contribution in [0.1, 0.15) is 24.7 Å². The van der Waals surface area contributed by atoms with Gasteiger partial charge in [0.15, 0.2) is 0 Å². The third-order valence-electron chi connectivity index (χ3n) is 1.76. The molecule has 0 aliphatic heterocycles. The first kappa shape index (κ1) is 7.87. The summed E-state index contributed by atoms with van der Waals surface area (Å²) >= 11 is 0. The van der Waals surface area contributed by atoms with E-state index in [0.717, 1.165) is 18.7 Å². The Bertz CT molecular complexity index is 278. The Hall–Kier alpha value is -1.23. The second-order valence-electron chi connectivity index (χ2n) is 2.62. The van der Waals surface area contributed by atoms with Crippen molar-refractivity contribution in [2.75, 3.05) is 0 Å². The van der Waals surface area contributed by atoms with Crippen LogP contribution >= 0.6 is 0 Å². The van der Waals surface area contributed by atoms with E-state index in [9.17, 15) is 0 Å². The Kier molecular flexibility index (Phi) is 2.32. The summed E-state index contributed by atoms with van der Waals surface area (Å²) < 4.78 is 2.04. The lowest BCUT2D eigenvalue weighted by Crippen LogP contribution is -2.01. The van der Waals surface area contributed by atoms with Crippen molar-refractivity contribution in [1.82, 2.24) is 4.57 Å². The molecule has 11 heavy (non-hydrogen) atoms. The number of rotatable bonds is 2. The van der Waals surface area contributed by atoms with Crippen LogP contribution in [0.5, 0.6) is 0 Å². The number of nitriles is 1. The van der Waals surface area contributed by atoms with E-state index in [-0.39, 0.29) is 0 Å². The molecule has 2 heteroatoms. The van der Waals surface area contributed by atoms with Gasteiger partial charge in [-0.2, -0.15) is 5.26 Å². The minimum atomic E-state index is 0.768. The van der Waals surface area contributed by atoms with Gasteiger partial charge in [-0.25, -0.2) is 0 Å². The highest BCUT2D eigenvalue weighted by atomic mass is 15.0. The average molecular weight is 148 g/mol. The molecule has 1 aromatic heterocycles. The van der Waals surface area contributed by atoms with Gasteiger partial charge in [0.1, 0.15) is 11.8 Å². The molecule has 1 rings (SSSR count). The van der Waals surface area contributed by atoms with E-state index in [1.807, 2.05) is 23.6 Å². The number of hydrogen-bond acceptors (Lipinski definition) is 1. The van der Waals surface area contributed by atoms with E-state index in [1.165, 1.54) is 5.69 Å². The minimum absolute atomic E-state index is 0.768. The van der Waals surface area contributed by atoms with Crippen LogP contribution in [0.15, 0.2) is 12.1 Å². The molecular weight excluding hydrogens is 136 g/mol. The lowest BCUT2D eigenvalue weighted by atomic mass is 10.4. The lowest BCUT2D eigenvalue weighted by molar-refractivity contribution is 0.659. The van der Waals surface area contributed by atoms with Crippen LogP contribution in [-0.2, 0) is 6.54 Å². The standard InChI is InChI=1S/C9H12N2/c1-3-6-11-8(2)4-5-9(11)7-10/h4-5H,3,6H2,1-2H3. The van der Waals surface area contributed by atoms with E-state index in [2.05, 4.69) is 13.0 Å². The molecule has 2 nitrogen and oxygen atoms in total. The van der Waals surface area contributed by atoms with Crippen molar-refractivity contribution in [2.45, 2.75) is 26.8 Å². The van der Waals surface area contributed by atoms with Gasteiger partial charge in [0.2, 0.25) is 0 Å². The van der Waals surface area contributed by atoms with Crippen LogP contribution in [0.3, 0.4) is 0 Å². The van der Waals surface area contributed by atoms with E-state index in [4.69, 9.17) is 5.26 Å². The molecule has 0 amide bonds. The maximum atomic E-state index is 8.69. The molecule has 0 unspecified atom stereocenters. The van der Waals surface area contributed by atoms with Crippen LogP contribution in [0.2, 0.25) is 0 Å². The zero-order valence-electron chi connectivity index (χ0n) is 6.96. The Morgan fingerprint density at radius 3 is 2.82 bits per heavy atom. The van der Waals surface area contributed by atoms with Crippen LogP contribution in [-0.4, -0.2) is 4.57 Å². The Labute approximate surface area is 67.1 Å². The second kappa shape index (κ2) is 3.25. The van der Waals surface area contributed by atoms with Gasteiger partial charge in [0.25, 0.3) is 0 Å². The van der Waals surface area contributed by atoms with Crippen molar-refractivity contribution in [3.05, 3.63) is 23.5 Å². The number of hydrogen-bond donors (Lipinski definition) is 0. The summed E-state index contributed by atoms with van der Waals surface area (Å²) in [4.78, 5) is 0. The first-order valence-electron chi connectivity index (χ1n) is 3.85. The first-order valence-corrected chi connectivity index (χ1v) is 3.85. The Morgan fingerprint density at radius 2 is 2.27 bits per heavy atom. The van der Waals surface area contributed by atoms with E-state index < -0.39 is 0 Å². The normalized spacial score (nSPS) is 9.55. The van der Waals surface area contributed by atoms with Gasteiger partial charge in [0.05, 0.1) is 0 Å². The SMILES string of the molecule is CCCn1c(C)ccc1C#N. The van der Waals surface area contributed by atoms with Crippen molar-refractivity contribution >= 4 is 0 Å². The quantitative estimate of drug-likeness (QED) is 0.631. The van der Waals surface area contributed by atoms with Crippen LogP contribution in [0, 0.1) is 18.3 Å². The fraction of sp³-hybridized carbons (Fsp3) is 0.444. The smallest absolute Gasteiger partial charge is 0.120 e. The molecule has 0 bridgehead atoms. The maximum absolute atomic E-state index is 8.69. The summed E-state index contributed by atoms with van der Waals surface area (Å²) in [7, 11) is 0. The van der Waals surface area contributed by atoms with Crippen LogP contribution in [0.4, 0.5) is 0 Å². The van der Waals surface area contributed by atoms with Crippen LogP contribution < -0.4 is 0 Å². The van der Waals surface area contributed by atoms with Crippen molar-refractivity contribution in [3.63, 3.8) is 0 Å². The molecule has 0 N–H and O–H groups in total. The molecule has 0 saturated carbocycles. The summed E-state index contributed by atoms with van der Waals surface area (Å²) in [5.74, 6) is 0. The summed E-state index contributed by atoms with van der Waals surface area (Å²) in [6, 6.07) is 6.01. The Balaban J connectivity index is 3.00. The molecule has 58 valence electrons. The van der Waals surface area contributed by atoms with Gasteiger partial charge in [-0.1, -0.05) is 6.92 Å². The Morgan fingerprint density at radius 1 is 1.55 bits per heavy atom. The van der Waals surface area contributed by atoms with Gasteiger partial charge in [-0.15, -0.1) is 0 Å². The fourth-order valence-electron chi connectivity index (χ4n) is 1.19. The molecule has 0 aromatic carbocycles. The minimum Gasteiger partial charge on any atom is -0.337 e. The zero-order chi connectivity index (χ0) is 8.27. The lowest BCUT2D eigenvalue weighted by Gasteiger charge is -2.03. The molecule has 0 spiro atoms. The molecule has 0 fully saturated rings. The summed E-state index contributed by atoms with van der Waals surface area (Å²) in [5, 5.41) is 8.69. The first-order chi connectivity index (χ1) is 5.29. The number of aryl methyl sites for hydroxylation is 1. The molecule has 0 saturated heterocycles. The fourth-order valence-corrected chi connectivity index (χ4v) is 1.19. The van der Waals surface area contributed by atoms with E-state index in [0.29, 0.717) is 0 Å². The third kappa shape index (κ3) is 1.43. The largest absolute Gasteiger partial charge is 0.337 e. The van der Waals surface area contributed by atoms with Crippen molar-refractivity contribution in [2.24, 2.45) is 0 Å². The summed E-state index contributed by atoms with van der Waals surface area (Å²) in [6.45, 7) is 5.08. The molecule has 0 aliphatic carbocycles. The topological polar surface area (TPSA) is 28.7 Å². The summed E-state index contributed by atoms with van der Waals surface area (Å²) in [5.41, 5.74) is 1.94. The predicted molar refractivity (Wildman–Crippen MR) is 44.2 cm³/mol. The van der Waals surface area contributed by atoms with E-state index in [1.54, 1.807) is 0 Å². The van der Waals surface area contributed by atoms with Gasteiger partial charge in [0, 0.05) is 12.2 Å². The highest BCUT2D eigenvalue weighted by Gasteiger charge is 2.01. The maximum Gasteiger partial charge on any atom is 0.120 e. The zero-order valence-corrected chi connectivity index (χ0v) is 6.96. The predicted octanol–water partition coefficient (Wildman–Crippen LogP) is 2.08. The van der Waals surface area contributed by atoms with Gasteiger partial charge >= 0.3 is 0 Å². The molecule has 0 atom stereocenters. The highest BCUT2D eigenvalue weighted by Crippen LogP contribution is 2.07. The number of aromatic nitrogens is 1. The molecule has 0 aliphatic rings. The van der Waals surface area contributed by atoms with Crippen LogP contribution in [0.25, 0.3) is 0 Å². The highest BCUT2D eigenvalue weighted by molar-refractivity contribution is 5.26. The molecule has 1 heterocycles. The van der Waals surface area contributed by atoms with Gasteiger partial charge < -0.3 is 4.57 Å². The average Bonchev–Trinajstić information content (AvgIpc) is 2.34. The molecular formula is C9H12N2. The monoisotopic (exact) mass is 148 g/mol.